The van der Waals surface area contributed by atoms with Gasteiger partial charge in [-0.25, -0.2) is 12.8 Å². The quantitative estimate of drug-likeness (QED) is 0.815. The summed E-state index contributed by atoms with van der Waals surface area (Å²) < 4.78 is 38.6. The van der Waals surface area contributed by atoms with Gasteiger partial charge < -0.3 is 4.90 Å². The Labute approximate surface area is 143 Å². The SMILES string of the molecule is CC(C(=O)N(C)C1CCCCC1)N(c1ccc(F)cc1)S(C)(=O)=O. The van der Waals surface area contributed by atoms with Crippen LogP contribution in [0.15, 0.2) is 24.3 Å². The van der Waals surface area contributed by atoms with Crippen molar-refractivity contribution in [1.82, 2.24) is 4.90 Å². The van der Waals surface area contributed by atoms with E-state index in [-0.39, 0.29) is 17.6 Å². The zero-order valence-electron chi connectivity index (χ0n) is 14.4. The molecule has 0 aliphatic heterocycles. The second kappa shape index (κ2) is 7.51. The molecule has 0 saturated heterocycles. The number of carbonyl (C=O) groups excluding carboxylic acids is 1. The van der Waals surface area contributed by atoms with Crippen LogP contribution in [0.4, 0.5) is 10.1 Å². The predicted molar refractivity (Wildman–Crippen MR) is 92.8 cm³/mol. The van der Waals surface area contributed by atoms with Crippen LogP contribution < -0.4 is 4.31 Å². The first kappa shape index (κ1) is 18.7. The van der Waals surface area contributed by atoms with Crippen molar-refractivity contribution in [3.05, 3.63) is 30.1 Å². The molecule has 0 N–H and O–H groups in total. The van der Waals surface area contributed by atoms with Gasteiger partial charge in [0.15, 0.2) is 0 Å². The summed E-state index contributed by atoms with van der Waals surface area (Å²) in [4.78, 5) is 14.5. The standard InChI is InChI=1S/C17H25FN2O3S/c1-13(17(21)19(2)15-7-5-4-6-8-15)20(24(3,22)23)16-11-9-14(18)10-12-16/h9-13,15H,4-8H2,1-3H3. The molecule has 1 aliphatic carbocycles. The van der Waals surface area contributed by atoms with Gasteiger partial charge in [0.1, 0.15) is 11.9 Å². The molecule has 1 aliphatic rings. The first-order valence-electron chi connectivity index (χ1n) is 8.23. The summed E-state index contributed by atoms with van der Waals surface area (Å²) in [5.41, 5.74) is 0.289. The van der Waals surface area contributed by atoms with Crippen molar-refractivity contribution in [2.24, 2.45) is 0 Å². The smallest absolute Gasteiger partial charge is 0.246 e. The molecule has 1 atom stereocenters. The molecule has 5 nitrogen and oxygen atoms in total. The van der Waals surface area contributed by atoms with Gasteiger partial charge in [0.2, 0.25) is 15.9 Å². The van der Waals surface area contributed by atoms with E-state index in [1.807, 2.05) is 0 Å². The summed E-state index contributed by atoms with van der Waals surface area (Å²) in [5, 5.41) is 0. The van der Waals surface area contributed by atoms with Crippen LogP contribution in [-0.2, 0) is 14.8 Å². The third-order valence-electron chi connectivity index (χ3n) is 4.62. The Morgan fingerprint density at radius 1 is 1.17 bits per heavy atom. The fourth-order valence-corrected chi connectivity index (χ4v) is 4.50. The topological polar surface area (TPSA) is 57.7 Å². The highest BCUT2D eigenvalue weighted by Crippen LogP contribution is 2.25. The lowest BCUT2D eigenvalue weighted by Gasteiger charge is -2.36. The molecular weight excluding hydrogens is 331 g/mol. The third kappa shape index (κ3) is 4.26. The normalized spacial score (nSPS) is 17.3. The lowest BCUT2D eigenvalue weighted by atomic mass is 9.94. The van der Waals surface area contributed by atoms with Crippen LogP contribution in [0, 0.1) is 5.82 Å². The van der Waals surface area contributed by atoms with Crippen LogP contribution in [0.2, 0.25) is 0 Å². The molecule has 7 heteroatoms. The second-order valence-electron chi connectivity index (χ2n) is 6.45. The minimum absolute atomic E-state index is 0.156. The number of nitrogens with zero attached hydrogens (tertiary/aromatic N) is 2. The predicted octanol–water partition coefficient (Wildman–Crippen LogP) is 2.77. The Balaban J connectivity index is 2.25. The molecular formula is C17H25FN2O3S. The highest BCUT2D eigenvalue weighted by Gasteiger charge is 2.33. The third-order valence-corrected chi connectivity index (χ3v) is 5.86. The minimum atomic E-state index is -3.68. The number of hydrogen-bond acceptors (Lipinski definition) is 3. The van der Waals surface area contributed by atoms with Gasteiger partial charge in [0, 0.05) is 13.1 Å². The molecule has 1 unspecified atom stereocenters. The highest BCUT2D eigenvalue weighted by atomic mass is 32.2. The minimum Gasteiger partial charge on any atom is -0.341 e. The van der Waals surface area contributed by atoms with Gasteiger partial charge in [-0.2, -0.15) is 0 Å². The summed E-state index contributed by atoms with van der Waals surface area (Å²) in [6.45, 7) is 1.58. The number of anilines is 1. The Bertz CT molecular complexity index is 670. The van der Waals surface area contributed by atoms with Gasteiger partial charge in [-0.1, -0.05) is 19.3 Å². The summed E-state index contributed by atoms with van der Waals surface area (Å²) in [5.74, 6) is -0.692. The van der Waals surface area contributed by atoms with Gasteiger partial charge >= 0.3 is 0 Å². The van der Waals surface area contributed by atoms with Crippen LogP contribution in [0.1, 0.15) is 39.0 Å². The van der Waals surface area contributed by atoms with Crippen molar-refractivity contribution in [2.45, 2.75) is 51.1 Å². The Morgan fingerprint density at radius 2 is 1.71 bits per heavy atom. The van der Waals surface area contributed by atoms with Gasteiger partial charge in [-0.3, -0.25) is 9.10 Å². The number of carbonyl (C=O) groups is 1. The van der Waals surface area contributed by atoms with E-state index < -0.39 is 21.9 Å². The van der Waals surface area contributed by atoms with E-state index in [1.165, 1.54) is 30.7 Å². The summed E-state index contributed by atoms with van der Waals surface area (Å²) in [6.07, 6.45) is 6.31. The lowest BCUT2D eigenvalue weighted by molar-refractivity contribution is -0.133. The van der Waals surface area contributed by atoms with Crippen molar-refractivity contribution in [2.75, 3.05) is 17.6 Å². The number of hydrogen-bond donors (Lipinski definition) is 0. The molecule has 2 rings (SSSR count). The molecule has 0 spiro atoms. The van der Waals surface area contributed by atoms with E-state index in [4.69, 9.17) is 0 Å². The molecule has 24 heavy (non-hydrogen) atoms. The molecule has 0 aromatic heterocycles. The van der Waals surface area contributed by atoms with Crippen molar-refractivity contribution in [3.8, 4) is 0 Å². The average Bonchev–Trinajstić information content (AvgIpc) is 2.55. The maximum Gasteiger partial charge on any atom is 0.246 e. The number of likely N-dealkylation sites (N-methyl/N-ethyl adjacent to an activating group) is 1. The largest absolute Gasteiger partial charge is 0.341 e. The number of benzene rings is 1. The van der Waals surface area contributed by atoms with Crippen molar-refractivity contribution >= 4 is 21.6 Å². The van der Waals surface area contributed by atoms with E-state index in [1.54, 1.807) is 18.9 Å². The Morgan fingerprint density at radius 3 is 2.21 bits per heavy atom. The molecule has 1 aromatic carbocycles. The van der Waals surface area contributed by atoms with E-state index >= 15 is 0 Å². The van der Waals surface area contributed by atoms with Crippen LogP contribution in [0.5, 0.6) is 0 Å². The Hall–Kier alpha value is -1.63. The molecule has 0 heterocycles. The van der Waals surface area contributed by atoms with E-state index in [0.29, 0.717) is 0 Å². The zero-order valence-corrected chi connectivity index (χ0v) is 15.2. The molecule has 1 amide bonds. The molecule has 0 radical (unpaired) electrons. The maximum absolute atomic E-state index is 13.1. The maximum atomic E-state index is 13.1. The van der Waals surface area contributed by atoms with Crippen molar-refractivity contribution in [1.29, 1.82) is 0 Å². The highest BCUT2D eigenvalue weighted by molar-refractivity contribution is 7.92. The van der Waals surface area contributed by atoms with E-state index in [9.17, 15) is 17.6 Å². The van der Waals surface area contributed by atoms with Crippen molar-refractivity contribution in [3.63, 3.8) is 0 Å². The first-order valence-corrected chi connectivity index (χ1v) is 10.1. The van der Waals surface area contributed by atoms with E-state index in [0.717, 1.165) is 36.2 Å². The molecule has 0 bridgehead atoms. The first-order chi connectivity index (χ1) is 11.2. The fourth-order valence-electron chi connectivity index (χ4n) is 3.33. The fraction of sp³-hybridized carbons (Fsp3) is 0.588. The number of halogens is 1. The molecule has 1 fully saturated rings. The lowest BCUT2D eigenvalue weighted by Crippen LogP contribution is -2.51. The molecule has 1 saturated carbocycles. The van der Waals surface area contributed by atoms with Crippen molar-refractivity contribution < 1.29 is 17.6 Å². The van der Waals surface area contributed by atoms with Gasteiger partial charge in [-0.15, -0.1) is 0 Å². The Kier molecular flexibility index (Phi) is 5.85. The summed E-state index contributed by atoms with van der Waals surface area (Å²) in [7, 11) is -1.94. The van der Waals surface area contributed by atoms with Gasteiger partial charge in [-0.05, 0) is 44.0 Å². The van der Waals surface area contributed by atoms with Crippen LogP contribution in [0.3, 0.4) is 0 Å². The number of sulfonamides is 1. The number of rotatable bonds is 5. The summed E-state index contributed by atoms with van der Waals surface area (Å²) in [6, 6.07) is 4.41. The van der Waals surface area contributed by atoms with Gasteiger partial charge in [0.25, 0.3) is 0 Å². The summed E-state index contributed by atoms with van der Waals surface area (Å²) >= 11 is 0. The molecule has 134 valence electrons. The van der Waals surface area contributed by atoms with E-state index in [2.05, 4.69) is 0 Å². The van der Waals surface area contributed by atoms with Crippen LogP contribution >= 0.6 is 0 Å². The monoisotopic (exact) mass is 356 g/mol. The molecule has 1 aromatic rings. The second-order valence-corrected chi connectivity index (χ2v) is 8.31. The zero-order chi connectivity index (χ0) is 17.9. The van der Waals surface area contributed by atoms with Crippen LogP contribution in [-0.4, -0.2) is 44.6 Å². The number of amides is 1. The average molecular weight is 356 g/mol. The van der Waals surface area contributed by atoms with Crippen LogP contribution in [0.25, 0.3) is 0 Å². The van der Waals surface area contributed by atoms with Gasteiger partial charge in [0.05, 0.1) is 11.9 Å².